The number of nitrogens with two attached hydrogens (primary N) is 1. The number of hydrogen-bond donors (Lipinski definition) is 1. The van der Waals surface area contributed by atoms with Crippen LogP contribution in [0.4, 0.5) is 4.39 Å². The highest BCUT2D eigenvalue weighted by Gasteiger charge is 2.11. The van der Waals surface area contributed by atoms with Gasteiger partial charge in [0.25, 0.3) is 0 Å². The van der Waals surface area contributed by atoms with Gasteiger partial charge in [0.2, 0.25) is 0 Å². The molecule has 98 valence electrons. The van der Waals surface area contributed by atoms with Crippen LogP contribution in [0.3, 0.4) is 0 Å². The van der Waals surface area contributed by atoms with Crippen molar-refractivity contribution >= 4 is 6.21 Å². The molecule has 1 aromatic rings. The largest absolute Gasteiger partial charge is 0.323 e. The molecule has 1 fully saturated rings. The number of rotatable bonds is 3. The summed E-state index contributed by atoms with van der Waals surface area (Å²) in [6.07, 6.45) is 6.49. The maximum Gasteiger partial charge on any atom is 0.128 e. The molecular weight excluding hydrogens is 229 g/mol. The minimum Gasteiger partial charge on any atom is -0.323 e. The van der Waals surface area contributed by atoms with Crippen LogP contribution in [-0.2, 0) is 6.54 Å². The van der Waals surface area contributed by atoms with E-state index in [-0.39, 0.29) is 5.82 Å². The molecule has 0 aliphatic carbocycles. The Morgan fingerprint density at radius 1 is 1.22 bits per heavy atom. The van der Waals surface area contributed by atoms with Gasteiger partial charge in [0.15, 0.2) is 0 Å². The van der Waals surface area contributed by atoms with E-state index in [0.29, 0.717) is 12.1 Å². The number of nitrogens with zero attached hydrogens (tertiary/aromatic N) is 2. The molecule has 1 heterocycles. The van der Waals surface area contributed by atoms with Gasteiger partial charge in [-0.15, -0.1) is 0 Å². The minimum absolute atomic E-state index is 0.170. The zero-order valence-corrected chi connectivity index (χ0v) is 10.6. The van der Waals surface area contributed by atoms with Crippen LogP contribution < -0.4 is 5.84 Å². The second-order valence-electron chi connectivity index (χ2n) is 4.82. The molecule has 0 radical (unpaired) electrons. The van der Waals surface area contributed by atoms with E-state index in [1.54, 1.807) is 0 Å². The van der Waals surface area contributed by atoms with Gasteiger partial charge in [-0.2, -0.15) is 5.10 Å². The molecule has 0 unspecified atom stereocenters. The van der Waals surface area contributed by atoms with Gasteiger partial charge >= 0.3 is 0 Å². The van der Waals surface area contributed by atoms with Crippen LogP contribution in [0.5, 0.6) is 0 Å². The lowest BCUT2D eigenvalue weighted by Crippen LogP contribution is -2.24. The van der Waals surface area contributed by atoms with Crippen LogP contribution in [0.25, 0.3) is 0 Å². The van der Waals surface area contributed by atoms with Crippen LogP contribution in [0.2, 0.25) is 0 Å². The number of hydrogen-bond acceptors (Lipinski definition) is 3. The molecule has 0 atom stereocenters. The molecule has 0 aromatic heterocycles. The lowest BCUT2D eigenvalue weighted by Gasteiger charge is -2.20. The maximum atomic E-state index is 13.9. The predicted molar refractivity (Wildman–Crippen MR) is 71.9 cm³/mol. The minimum atomic E-state index is -0.170. The normalized spacial score (nSPS) is 18.1. The maximum absolute atomic E-state index is 13.9. The monoisotopic (exact) mass is 249 g/mol. The molecule has 1 aliphatic heterocycles. The van der Waals surface area contributed by atoms with Crippen molar-refractivity contribution < 1.29 is 4.39 Å². The van der Waals surface area contributed by atoms with Gasteiger partial charge in [-0.05, 0) is 37.6 Å². The summed E-state index contributed by atoms with van der Waals surface area (Å²) in [7, 11) is 0. The Balaban J connectivity index is 2.04. The molecular formula is C14H20FN3. The Hall–Kier alpha value is -1.42. The van der Waals surface area contributed by atoms with Crippen molar-refractivity contribution in [2.24, 2.45) is 10.9 Å². The summed E-state index contributed by atoms with van der Waals surface area (Å²) in [5.74, 6) is 4.88. The van der Waals surface area contributed by atoms with E-state index in [1.807, 2.05) is 12.1 Å². The first-order valence-corrected chi connectivity index (χ1v) is 6.53. The highest BCUT2D eigenvalue weighted by molar-refractivity contribution is 5.79. The van der Waals surface area contributed by atoms with Crippen molar-refractivity contribution in [2.45, 2.75) is 32.2 Å². The molecule has 0 bridgehead atoms. The Labute approximate surface area is 107 Å². The third-order valence-electron chi connectivity index (χ3n) is 3.39. The Morgan fingerprint density at radius 2 is 1.94 bits per heavy atom. The lowest BCUT2D eigenvalue weighted by atomic mass is 10.1. The molecule has 0 amide bonds. The summed E-state index contributed by atoms with van der Waals surface area (Å²) in [6, 6.07) is 5.17. The molecule has 2 N–H and O–H groups in total. The van der Waals surface area contributed by atoms with Crippen molar-refractivity contribution in [3.63, 3.8) is 0 Å². The van der Waals surface area contributed by atoms with E-state index in [9.17, 15) is 4.39 Å². The third-order valence-corrected chi connectivity index (χ3v) is 3.39. The van der Waals surface area contributed by atoms with Gasteiger partial charge < -0.3 is 5.84 Å². The van der Waals surface area contributed by atoms with Gasteiger partial charge in [-0.25, -0.2) is 4.39 Å². The summed E-state index contributed by atoms with van der Waals surface area (Å²) < 4.78 is 13.9. The molecule has 4 heteroatoms. The van der Waals surface area contributed by atoms with Crippen LogP contribution in [-0.4, -0.2) is 24.2 Å². The summed E-state index contributed by atoms with van der Waals surface area (Å²) in [4.78, 5) is 2.34. The van der Waals surface area contributed by atoms with Crippen LogP contribution >= 0.6 is 0 Å². The van der Waals surface area contributed by atoms with Crippen LogP contribution in [0, 0.1) is 5.82 Å². The number of hydrazone groups is 1. The first-order valence-electron chi connectivity index (χ1n) is 6.53. The molecule has 2 rings (SSSR count). The summed E-state index contributed by atoms with van der Waals surface area (Å²) >= 11 is 0. The van der Waals surface area contributed by atoms with Crippen molar-refractivity contribution in [1.82, 2.24) is 4.90 Å². The fourth-order valence-electron chi connectivity index (χ4n) is 2.39. The number of halogens is 1. The first-order chi connectivity index (χ1) is 8.79. The molecule has 18 heavy (non-hydrogen) atoms. The SMILES string of the molecule is NN=Cc1ccc(CN2CCCCCC2)c(F)c1. The fraction of sp³-hybridized carbons (Fsp3) is 0.500. The summed E-state index contributed by atoms with van der Waals surface area (Å²) in [5, 5.41) is 3.40. The summed E-state index contributed by atoms with van der Waals surface area (Å²) in [6.45, 7) is 2.85. The predicted octanol–water partition coefficient (Wildman–Crippen LogP) is 2.49. The number of benzene rings is 1. The van der Waals surface area contributed by atoms with E-state index in [4.69, 9.17) is 5.84 Å². The molecule has 0 saturated carbocycles. The van der Waals surface area contributed by atoms with Crippen molar-refractivity contribution in [1.29, 1.82) is 0 Å². The van der Waals surface area contributed by atoms with E-state index in [2.05, 4.69) is 10.0 Å². The van der Waals surface area contributed by atoms with Gasteiger partial charge in [0.05, 0.1) is 6.21 Å². The molecule has 1 aromatic carbocycles. The lowest BCUT2D eigenvalue weighted by molar-refractivity contribution is 0.273. The molecule has 3 nitrogen and oxygen atoms in total. The molecule has 0 spiro atoms. The highest BCUT2D eigenvalue weighted by Crippen LogP contribution is 2.16. The zero-order valence-electron chi connectivity index (χ0n) is 10.6. The van der Waals surface area contributed by atoms with Crippen LogP contribution in [0.15, 0.2) is 23.3 Å². The van der Waals surface area contributed by atoms with Crippen molar-refractivity contribution in [3.05, 3.63) is 35.1 Å². The Bertz CT molecular complexity index is 410. The van der Waals surface area contributed by atoms with E-state index in [1.165, 1.54) is 38.0 Å². The second-order valence-corrected chi connectivity index (χ2v) is 4.82. The topological polar surface area (TPSA) is 41.6 Å². The molecule has 1 saturated heterocycles. The Kier molecular flexibility index (Phi) is 4.70. The summed E-state index contributed by atoms with van der Waals surface area (Å²) in [5.41, 5.74) is 1.46. The fourth-order valence-corrected chi connectivity index (χ4v) is 2.39. The molecule has 1 aliphatic rings. The quantitative estimate of drug-likeness (QED) is 0.508. The van der Waals surface area contributed by atoms with Gasteiger partial charge in [-0.1, -0.05) is 25.0 Å². The zero-order chi connectivity index (χ0) is 12.8. The van der Waals surface area contributed by atoms with Gasteiger partial charge in [0, 0.05) is 12.1 Å². The van der Waals surface area contributed by atoms with E-state index >= 15 is 0 Å². The highest BCUT2D eigenvalue weighted by atomic mass is 19.1. The standard InChI is InChI=1S/C14H20FN3/c15-14-9-12(10-17-16)5-6-13(14)11-18-7-3-1-2-4-8-18/h5-6,9-10H,1-4,7-8,11,16H2. The van der Waals surface area contributed by atoms with Crippen molar-refractivity contribution in [3.8, 4) is 0 Å². The third kappa shape index (κ3) is 3.53. The van der Waals surface area contributed by atoms with Crippen molar-refractivity contribution in [2.75, 3.05) is 13.1 Å². The second kappa shape index (κ2) is 6.50. The van der Waals surface area contributed by atoms with E-state index < -0.39 is 0 Å². The van der Waals surface area contributed by atoms with Crippen LogP contribution in [0.1, 0.15) is 36.8 Å². The number of likely N-dealkylation sites (tertiary alicyclic amines) is 1. The van der Waals surface area contributed by atoms with Gasteiger partial charge in [0.1, 0.15) is 5.82 Å². The average molecular weight is 249 g/mol. The average Bonchev–Trinajstić information content (AvgIpc) is 2.62. The Morgan fingerprint density at radius 3 is 2.56 bits per heavy atom. The van der Waals surface area contributed by atoms with Gasteiger partial charge in [-0.3, -0.25) is 4.90 Å². The van der Waals surface area contributed by atoms with E-state index in [0.717, 1.165) is 18.7 Å². The first kappa shape index (κ1) is 13.0. The smallest absolute Gasteiger partial charge is 0.128 e.